The van der Waals surface area contributed by atoms with Crippen LogP contribution in [-0.4, -0.2) is 27.8 Å². The van der Waals surface area contributed by atoms with Gasteiger partial charge in [0.1, 0.15) is 0 Å². The van der Waals surface area contributed by atoms with Gasteiger partial charge >= 0.3 is 0 Å². The highest BCUT2D eigenvalue weighted by molar-refractivity contribution is 7.10. The van der Waals surface area contributed by atoms with E-state index in [1.54, 1.807) is 34.6 Å². The summed E-state index contributed by atoms with van der Waals surface area (Å²) in [6.45, 7) is 2.02. The molecule has 1 unspecified atom stereocenters. The van der Waals surface area contributed by atoms with Gasteiger partial charge in [-0.3, -0.25) is 9.78 Å². The molecule has 0 saturated heterocycles. The molecular formula is C18H17N3OS. The lowest BCUT2D eigenvalue weighted by molar-refractivity contribution is -0.126. The average molecular weight is 323 g/mol. The zero-order valence-electron chi connectivity index (χ0n) is 13.0. The van der Waals surface area contributed by atoms with Crippen LogP contribution in [0.15, 0.2) is 54.1 Å². The molecule has 0 spiro atoms. The van der Waals surface area contributed by atoms with Gasteiger partial charge in [0.05, 0.1) is 29.0 Å². The molecule has 1 amide bonds. The second-order valence-electron chi connectivity index (χ2n) is 5.26. The first kappa shape index (κ1) is 15.4. The number of aromatic nitrogens is 2. The van der Waals surface area contributed by atoms with Gasteiger partial charge in [0, 0.05) is 18.0 Å². The molecule has 5 heteroatoms. The highest BCUT2D eigenvalue weighted by Crippen LogP contribution is 2.23. The minimum atomic E-state index is -0.0548. The number of carbonyl (C=O) groups is 1. The Bertz CT molecular complexity index is 842. The van der Waals surface area contributed by atoms with E-state index < -0.39 is 0 Å². The Labute approximate surface area is 139 Å². The van der Waals surface area contributed by atoms with Crippen molar-refractivity contribution < 1.29 is 4.79 Å². The zero-order chi connectivity index (χ0) is 16.2. The van der Waals surface area contributed by atoms with Crippen molar-refractivity contribution in [1.29, 1.82) is 0 Å². The minimum absolute atomic E-state index is 0.0508. The van der Waals surface area contributed by atoms with E-state index in [1.807, 2.05) is 55.7 Å². The largest absolute Gasteiger partial charge is 0.335 e. The molecule has 0 aliphatic heterocycles. The molecule has 1 aromatic carbocycles. The van der Waals surface area contributed by atoms with E-state index in [4.69, 9.17) is 0 Å². The van der Waals surface area contributed by atoms with Crippen LogP contribution in [0, 0.1) is 0 Å². The number of hydrogen-bond acceptors (Lipinski definition) is 4. The molecule has 0 saturated carbocycles. The average Bonchev–Trinajstić information content (AvgIpc) is 3.12. The number of likely N-dealkylation sites (N-methyl/N-ethyl adjacent to an activating group) is 1. The monoisotopic (exact) mass is 323 g/mol. The number of para-hydroxylation sites is 2. The lowest BCUT2D eigenvalue weighted by Crippen LogP contribution is -2.27. The molecule has 3 aromatic rings. The summed E-state index contributed by atoms with van der Waals surface area (Å²) < 4.78 is 0. The molecule has 4 nitrogen and oxygen atoms in total. The predicted octanol–water partition coefficient (Wildman–Crippen LogP) is 3.92. The van der Waals surface area contributed by atoms with Crippen molar-refractivity contribution in [3.63, 3.8) is 0 Å². The standard InChI is InChI=1S/C18H17N3OS/c1-13(17-8-5-11-23-17)21(2)18(22)10-9-14-12-19-15-6-3-4-7-16(15)20-14/h3-13H,1-2H3/b10-9+. The molecule has 0 aliphatic carbocycles. The van der Waals surface area contributed by atoms with E-state index in [1.165, 1.54) is 4.88 Å². The zero-order valence-corrected chi connectivity index (χ0v) is 13.8. The summed E-state index contributed by atoms with van der Waals surface area (Å²) >= 11 is 1.65. The molecule has 0 N–H and O–H groups in total. The molecule has 1 atom stereocenters. The summed E-state index contributed by atoms with van der Waals surface area (Å²) in [4.78, 5) is 24.0. The Morgan fingerprint density at radius 2 is 2.00 bits per heavy atom. The summed E-state index contributed by atoms with van der Waals surface area (Å²) in [6.07, 6.45) is 4.93. The van der Waals surface area contributed by atoms with Crippen LogP contribution in [-0.2, 0) is 4.79 Å². The summed E-state index contributed by atoms with van der Waals surface area (Å²) in [6, 6.07) is 11.8. The van der Waals surface area contributed by atoms with E-state index >= 15 is 0 Å². The first-order valence-corrected chi connectivity index (χ1v) is 8.23. The van der Waals surface area contributed by atoms with Crippen LogP contribution in [0.25, 0.3) is 17.1 Å². The fraction of sp³-hybridized carbons (Fsp3) is 0.167. The van der Waals surface area contributed by atoms with Crippen molar-refractivity contribution in [2.75, 3.05) is 7.05 Å². The lowest BCUT2D eigenvalue weighted by atomic mass is 10.2. The molecule has 23 heavy (non-hydrogen) atoms. The van der Waals surface area contributed by atoms with Gasteiger partial charge in [0.2, 0.25) is 5.91 Å². The summed E-state index contributed by atoms with van der Waals surface area (Å²) in [5.41, 5.74) is 2.34. The maximum atomic E-state index is 12.3. The Balaban J connectivity index is 1.74. The Morgan fingerprint density at radius 3 is 2.74 bits per heavy atom. The predicted molar refractivity (Wildman–Crippen MR) is 94.1 cm³/mol. The minimum Gasteiger partial charge on any atom is -0.335 e. The van der Waals surface area contributed by atoms with Crippen molar-refractivity contribution in [3.8, 4) is 0 Å². The summed E-state index contributed by atoms with van der Waals surface area (Å²) in [7, 11) is 1.81. The second kappa shape index (κ2) is 6.71. The SMILES string of the molecule is CC(c1cccs1)N(C)C(=O)/C=C/c1cnc2ccccc2n1. The van der Waals surface area contributed by atoms with Crippen molar-refractivity contribution in [2.24, 2.45) is 0 Å². The lowest BCUT2D eigenvalue weighted by Gasteiger charge is -2.22. The molecule has 0 fully saturated rings. The van der Waals surface area contributed by atoms with E-state index in [9.17, 15) is 4.79 Å². The number of rotatable bonds is 4. The number of hydrogen-bond donors (Lipinski definition) is 0. The van der Waals surface area contributed by atoms with Gasteiger partial charge in [-0.15, -0.1) is 11.3 Å². The van der Waals surface area contributed by atoms with E-state index in [0.717, 1.165) is 11.0 Å². The quantitative estimate of drug-likeness (QED) is 0.684. The number of benzene rings is 1. The number of carbonyl (C=O) groups excluding carboxylic acids is 1. The van der Waals surface area contributed by atoms with Crippen LogP contribution < -0.4 is 0 Å². The fourth-order valence-electron chi connectivity index (χ4n) is 2.24. The maximum absolute atomic E-state index is 12.3. The Kier molecular flexibility index (Phi) is 4.48. The second-order valence-corrected chi connectivity index (χ2v) is 6.24. The van der Waals surface area contributed by atoms with Crippen LogP contribution in [0.1, 0.15) is 23.5 Å². The van der Waals surface area contributed by atoms with Gasteiger partial charge in [-0.05, 0) is 36.6 Å². The van der Waals surface area contributed by atoms with Gasteiger partial charge in [-0.1, -0.05) is 18.2 Å². The van der Waals surface area contributed by atoms with Crippen molar-refractivity contribution >= 4 is 34.4 Å². The van der Waals surface area contributed by atoms with Gasteiger partial charge in [-0.2, -0.15) is 0 Å². The number of amides is 1. The van der Waals surface area contributed by atoms with Gasteiger partial charge in [0.25, 0.3) is 0 Å². The normalized spacial score (nSPS) is 12.6. The maximum Gasteiger partial charge on any atom is 0.246 e. The molecular weight excluding hydrogens is 306 g/mol. The molecule has 0 bridgehead atoms. The molecule has 0 radical (unpaired) electrons. The van der Waals surface area contributed by atoms with Crippen LogP contribution in [0.4, 0.5) is 0 Å². The van der Waals surface area contributed by atoms with E-state index in [0.29, 0.717) is 5.69 Å². The van der Waals surface area contributed by atoms with Crippen LogP contribution >= 0.6 is 11.3 Å². The number of thiophene rings is 1. The first-order chi connectivity index (χ1) is 11.1. The van der Waals surface area contributed by atoms with Gasteiger partial charge in [0.15, 0.2) is 0 Å². The molecule has 0 aliphatic rings. The van der Waals surface area contributed by atoms with Crippen LogP contribution in [0.3, 0.4) is 0 Å². The van der Waals surface area contributed by atoms with Crippen molar-refractivity contribution in [2.45, 2.75) is 13.0 Å². The molecule has 2 heterocycles. The van der Waals surface area contributed by atoms with Gasteiger partial charge < -0.3 is 4.90 Å². The third-order valence-corrected chi connectivity index (χ3v) is 4.79. The third-order valence-electron chi connectivity index (χ3n) is 3.75. The number of fused-ring (bicyclic) bond motifs is 1. The number of nitrogens with zero attached hydrogens (tertiary/aromatic N) is 3. The van der Waals surface area contributed by atoms with Gasteiger partial charge in [-0.25, -0.2) is 4.98 Å². The van der Waals surface area contributed by atoms with E-state index in [-0.39, 0.29) is 11.9 Å². The Hall–Kier alpha value is -2.53. The first-order valence-electron chi connectivity index (χ1n) is 7.35. The topological polar surface area (TPSA) is 46.1 Å². The van der Waals surface area contributed by atoms with Crippen molar-refractivity contribution in [3.05, 3.63) is 64.6 Å². The molecule has 116 valence electrons. The highest BCUT2D eigenvalue weighted by Gasteiger charge is 2.15. The summed E-state index contributed by atoms with van der Waals surface area (Å²) in [5, 5.41) is 2.02. The fourth-order valence-corrected chi connectivity index (χ4v) is 3.06. The highest BCUT2D eigenvalue weighted by atomic mass is 32.1. The molecule has 3 rings (SSSR count). The van der Waals surface area contributed by atoms with E-state index in [2.05, 4.69) is 9.97 Å². The smallest absolute Gasteiger partial charge is 0.246 e. The van der Waals surface area contributed by atoms with Crippen molar-refractivity contribution in [1.82, 2.24) is 14.9 Å². The van der Waals surface area contributed by atoms with Crippen LogP contribution in [0.5, 0.6) is 0 Å². The third kappa shape index (κ3) is 3.46. The molecule has 2 aromatic heterocycles. The Morgan fingerprint density at radius 1 is 1.22 bits per heavy atom. The summed E-state index contributed by atoms with van der Waals surface area (Å²) in [5.74, 6) is -0.0548. The van der Waals surface area contributed by atoms with Crippen LogP contribution in [0.2, 0.25) is 0 Å².